The number of carboxylic acid groups (broad SMARTS) is 1. The third kappa shape index (κ3) is 4.66. The van der Waals surface area contributed by atoms with Crippen LogP contribution in [0.2, 0.25) is 0 Å². The van der Waals surface area contributed by atoms with Crippen LogP contribution in [0.15, 0.2) is 0 Å². The van der Waals surface area contributed by atoms with Gasteiger partial charge in [0.1, 0.15) is 6.04 Å². The van der Waals surface area contributed by atoms with E-state index >= 15 is 0 Å². The predicted octanol–water partition coefficient (Wildman–Crippen LogP) is -0.540. The van der Waals surface area contributed by atoms with Crippen LogP contribution in [0.1, 0.15) is 32.1 Å². The summed E-state index contributed by atoms with van der Waals surface area (Å²) in [5, 5.41) is 23.3. The molecule has 3 atom stereocenters. The van der Waals surface area contributed by atoms with E-state index in [1.807, 2.05) is 0 Å². The second-order valence-electron chi connectivity index (χ2n) is 6.08. The first kappa shape index (κ1) is 17.2. The Morgan fingerprint density at radius 3 is 2.87 bits per heavy atom. The molecule has 3 N–H and O–H groups in total. The van der Waals surface area contributed by atoms with E-state index in [1.165, 1.54) is 0 Å². The van der Waals surface area contributed by atoms with Crippen molar-refractivity contribution < 1.29 is 19.5 Å². The highest BCUT2D eigenvalue weighted by Gasteiger charge is 2.37. The number of nitrogens with one attached hydrogen (secondary N) is 2. The molecule has 2 amide bonds. The number of carbonyl (C=O) groups excluding carboxylic acids is 2. The van der Waals surface area contributed by atoms with E-state index in [2.05, 4.69) is 16.7 Å². The van der Waals surface area contributed by atoms with Gasteiger partial charge in [-0.2, -0.15) is 5.26 Å². The summed E-state index contributed by atoms with van der Waals surface area (Å²) >= 11 is 0. The normalized spacial score (nSPS) is 26.7. The maximum atomic E-state index is 12.4. The lowest BCUT2D eigenvalue weighted by Crippen LogP contribution is -2.45. The third-order valence-corrected chi connectivity index (χ3v) is 4.34. The Labute approximate surface area is 134 Å². The number of nitrogens with zero attached hydrogens (tertiary/aromatic N) is 2. The summed E-state index contributed by atoms with van der Waals surface area (Å²) in [7, 11) is 0. The number of rotatable bonds is 6. The molecule has 2 rings (SSSR count). The number of carboxylic acids is 1. The maximum Gasteiger partial charge on any atom is 0.305 e. The fourth-order valence-electron chi connectivity index (χ4n) is 3.16. The molecule has 2 heterocycles. The van der Waals surface area contributed by atoms with Crippen LogP contribution < -0.4 is 10.6 Å². The Bertz CT molecular complexity index is 516. The average molecular weight is 322 g/mol. The second kappa shape index (κ2) is 7.92. The maximum absolute atomic E-state index is 12.4. The van der Waals surface area contributed by atoms with Crippen LogP contribution in [0.4, 0.5) is 0 Å². The predicted molar refractivity (Wildman–Crippen MR) is 80.1 cm³/mol. The van der Waals surface area contributed by atoms with Crippen LogP contribution in [0.5, 0.6) is 0 Å². The van der Waals surface area contributed by atoms with Gasteiger partial charge in [0.2, 0.25) is 11.8 Å². The van der Waals surface area contributed by atoms with Crippen molar-refractivity contribution in [1.82, 2.24) is 15.5 Å². The zero-order chi connectivity index (χ0) is 16.8. The standard InChI is InChI=1S/C15H22N4O4/c16-8-11-2-1-5-19(11)15(23)12-6-10(9-18-12)7-13(20)17-4-3-14(21)22/h10-12,18H,1-7,9H2,(H,17,20)(H,21,22)/t10-,11+,12+/m1/s1. The van der Waals surface area contributed by atoms with E-state index in [0.717, 1.165) is 12.8 Å². The minimum Gasteiger partial charge on any atom is -0.481 e. The number of aliphatic carboxylic acids is 1. The van der Waals surface area contributed by atoms with Crippen LogP contribution in [-0.2, 0) is 14.4 Å². The van der Waals surface area contributed by atoms with Crippen molar-refractivity contribution in [1.29, 1.82) is 5.26 Å². The first-order chi connectivity index (χ1) is 11.0. The molecule has 2 saturated heterocycles. The smallest absolute Gasteiger partial charge is 0.305 e. The number of carbonyl (C=O) groups is 3. The molecule has 0 aromatic heterocycles. The molecule has 0 spiro atoms. The molecule has 2 aliphatic rings. The average Bonchev–Trinajstić information content (AvgIpc) is 3.14. The fraction of sp³-hybridized carbons (Fsp3) is 0.733. The van der Waals surface area contributed by atoms with Gasteiger partial charge in [-0.3, -0.25) is 14.4 Å². The monoisotopic (exact) mass is 322 g/mol. The van der Waals surface area contributed by atoms with Gasteiger partial charge in [-0.1, -0.05) is 0 Å². The quantitative estimate of drug-likeness (QED) is 0.603. The van der Waals surface area contributed by atoms with Gasteiger partial charge in [0.05, 0.1) is 18.5 Å². The molecule has 0 aromatic rings. The first-order valence-corrected chi connectivity index (χ1v) is 7.93. The number of likely N-dealkylation sites (tertiary alicyclic amines) is 1. The van der Waals surface area contributed by atoms with Gasteiger partial charge in [0.25, 0.3) is 0 Å². The molecule has 0 aliphatic carbocycles. The SMILES string of the molecule is N#C[C@@H]1CCCN1C(=O)[C@@H]1C[C@H](CC(=O)NCCC(=O)O)CN1. The van der Waals surface area contributed by atoms with Gasteiger partial charge in [-0.25, -0.2) is 0 Å². The largest absolute Gasteiger partial charge is 0.481 e. The Hall–Kier alpha value is -2.14. The van der Waals surface area contributed by atoms with Crippen molar-refractivity contribution in [2.75, 3.05) is 19.6 Å². The van der Waals surface area contributed by atoms with Crippen LogP contribution in [0.3, 0.4) is 0 Å². The lowest BCUT2D eigenvalue weighted by atomic mass is 10.0. The van der Waals surface area contributed by atoms with E-state index in [1.54, 1.807) is 4.90 Å². The summed E-state index contributed by atoms with van der Waals surface area (Å²) in [6, 6.07) is 1.50. The number of nitriles is 1. The summed E-state index contributed by atoms with van der Waals surface area (Å²) in [6.07, 6.45) is 2.33. The highest BCUT2D eigenvalue weighted by Crippen LogP contribution is 2.23. The van der Waals surface area contributed by atoms with E-state index in [4.69, 9.17) is 10.4 Å². The topological polar surface area (TPSA) is 123 Å². The van der Waals surface area contributed by atoms with Crippen molar-refractivity contribution in [3.63, 3.8) is 0 Å². The van der Waals surface area contributed by atoms with Crippen LogP contribution in [0.25, 0.3) is 0 Å². The van der Waals surface area contributed by atoms with E-state index in [0.29, 0.717) is 19.5 Å². The molecule has 2 fully saturated rings. The molecule has 8 heteroatoms. The number of amides is 2. The molecule has 126 valence electrons. The van der Waals surface area contributed by atoms with Crippen molar-refractivity contribution in [2.45, 2.75) is 44.2 Å². The third-order valence-electron chi connectivity index (χ3n) is 4.34. The van der Waals surface area contributed by atoms with Gasteiger partial charge in [-0.05, 0) is 31.7 Å². The zero-order valence-corrected chi connectivity index (χ0v) is 13.0. The fourth-order valence-corrected chi connectivity index (χ4v) is 3.16. The molecular weight excluding hydrogens is 300 g/mol. The van der Waals surface area contributed by atoms with E-state index in [-0.39, 0.29) is 49.2 Å². The van der Waals surface area contributed by atoms with E-state index in [9.17, 15) is 14.4 Å². The summed E-state index contributed by atoms with van der Waals surface area (Å²) < 4.78 is 0. The molecule has 0 radical (unpaired) electrons. The number of hydrogen-bond acceptors (Lipinski definition) is 5. The molecule has 23 heavy (non-hydrogen) atoms. The lowest BCUT2D eigenvalue weighted by Gasteiger charge is -2.23. The first-order valence-electron chi connectivity index (χ1n) is 7.93. The van der Waals surface area contributed by atoms with Gasteiger partial charge in [-0.15, -0.1) is 0 Å². The molecule has 0 aromatic carbocycles. The van der Waals surface area contributed by atoms with Gasteiger partial charge in [0, 0.05) is 19.5 Å². The highest BCUT2D eigenvalue weighted by atomic mass is 16.4. The highest BCUT2D eigenvalue weighted by molar-refractivity contribution is 5.83. The van der Waals surface area contributed by atoms with Crippen LogP contribution in [-0.4, -0.2) is 59.5 Å². The van der Waals surface area contributed by atoms with Crippen molar-refractivity contribution >= 4 is 17.8 Å². The van der Waals surface area contributed by atoms with Crippen molar-refractivity contribution in [3.05, 3.63) is 0 Å². The van der Waals surface area contributed by atoms with Gasteiger partial charge >= 0.3 is 5.97 Å². The van der Waals surface area contributed by atoms with Gasteiger partial charge in [0.15, 0.2) is 0 Å². The van der Waals surface area contributed by atoms with Crippen LogP contribution >= 0.6 is 0 Å². The lowest BCUT2D eigenvalue weighted by molar-refractivity contribution is -0.137. The summed E-state index contributed by atoms with van der Waals surface area (Å²) in [6.45, 7) is 1.32. The zero-order valence-electron chi connectivity index (χ0n) is 13.0. The summed E-state index contributed by atoms with van der Waals surface area (Å²) in [4.78, 5) is 36.2. The Balaban J connectivity index is 1.75. The van der Waals surface area contributed by atoms with Crippen molar-refractivity contribution in [3.8, 4) is 6.07 Å². The minimum atomic E-state index is -0.948. The Kier molecular flexibility index (Phi) is 5.93. The van der Waals surface area contributed by atoms with Gasteiger partial charge < -0.3 is 20.6 Å². The molecule has 8 nitrogen and oxygen atoms in total. The molecule has 0 unspecified atom stereocenters. The number of hydrogen-bond donors (Lipinski definition) is 3. The minimum absolute atomic E-state index is 0.0527. The molecule has 0 saturated carbocycles. The van der Waals surface area contributed by atoms with E-state index < -0.39 is 5.97 Å². The molecule has 0 bridgehead atoms. The Morgan fingerprint density at radius 2 is 2.17 bits per heavy atom. The van der Waals surface area contributed by atoms with Crippen molar-refractivity contribution in [2.24, 2.45) is 5.92 Å². The summed E-state index contributed by atoms with van der Waals surface area (Å²) in [5.41, 5.74) is 0. The van der Waals surface area contributed by atoms with Crippen LogP contribution in [0, 0.1) is 17.2 Å². The molecular formula is C15H22N4O4. The summed E-state index contributed by atoms with van der Waals surface area (Å²) in [5.74, 6) is -1.14. The Morgan fingerprint density at radius 1 is 1.39 bits per heavy atom. The molecule has 2 aliphatic heterocycles. The second-order valence-corrected chi connectivity index (χ2v) is 6.08.